The maximum atomic E-state index is 14.2. The summed E-state index contributed by atoms with van der Waals surface area (Å²) in [7, 11) is 0. The van der Waals surface area contributed by atoms with Crippen molar-refractivity contribution in [1.82, 2.24) is 16.0 Å². The Hall–Kier alpha value is -2.93. The van der Waals surface area contributed by atoms with E-state index >= 15 is 0 Å². The highest BCUT2D eigenvalue weighted by molar-refractivity contribution is 6.00. The second-order valence-electron chi connectivity index (χ2n) is 7.84. The highest BCUT2D eigenvalue weighted by Crippen LogP contribution is 2.38. The Kier molecular flexibility index (Phi) is 6.36. The zero-order chi connectivity index (χ0) is 22.9. The number of hydrogen-bond donors (Lipinski definition) is 3. The molecule has 31 heavy (non-hydrogen) atoms. The molecule has 3 N–H and O–H groups in total. The molecule has 2 amide bonds. The smallest absolute Gasteiger partial charge is 0.349 e. The van der Waals surface area contributed by atoms with Gasteiger partial charge < -0.3 is 16.0 Å². The first kappa shape index (κ1) is 22.7. The van der Waals surface area contributed by atoms with Crippen molar-refractivity contribution in [2.24, 2.45) is 5.92 Å². The fraction of sp³-hybridized carbons (Fsp3) is 0.476. The number of benzene rings is 1. The Balaban J connectivity index is 1.78. The minimum absolute atomic E-state index is 0.01000. The van der Waals surface area contributed by atoms with Crippen molar-refractivity contribution < 1.29 is 27.2 Å². The quantitative estimate of drug-likeness (QED) is 0.630. The van der Waals surface area contributed by atoms with Crippen LogP contribution >= 0.6 is 0 Å². The van der Waals surface area contributed by atoms with E-state index < -0.39 is 54.3 Å². The molecule has 0 bridgehead atoms. The van der Waals surface area contributed by atoms with Gasteiger partial charge in [0.2, 0.25) is 11.8 Å². The van der Waals surface area contributed by atoms with Crippen LogP contribution in [0.3, 0.4) is 0 Å². The van der Waals surface area contributed by atoms with Crippen molar-refractivity contribution in [3.05, 3.63) is 46.3 Å². The molecule has 2 heterocycles. The van der Waals surface area contributed by atoms with Gasteiger partial charge in [0.05, 0.1) is 24.1 Å². The van der Waals surface area contributed by atoms with Crippen LogP contribution in [0.5, 0.6) is 0 Å². The molecule has 0 aromatic heterocycles. The predicted molar refractivity (Wildman–Crippen MR) is 103 cm³/mol. The second kappa shape index (κ2) is 8.67. The molecule has 2 aliphatic heterocycles. The van der Waals surface area contributed by atoms with E-state index in [0.717, 1.165) is 6.07 Å². The topological polar surface area (TPSA) is 94.0 Å². The summed E-state index contributed by atoms with van der Waals surface area (Å²) in [5, 5.41) is 16.5. The van der Waals surface area contributed by atoms with Crippen LogP contribution in [0, 0.1) is 23.1 Å². The minimum atomic E-state index is -4.50. The lowest BCUT2D eigenvalue weighted by Crippen LogP contribution is -2.62. The predicted octanol–water partition coefficient (Wildman–Crippen LogP) is 2.62. The summed E-state index contributed by atoms with van der Waals surface area (Å²) in [5.74, 6) is -2.84. The molecule has 1 fully saturated rings. The minimum Gasteiger partial charge on any atom is -0.349 e. The van der Waals surface area contributed by atoms with Crippen LogP contribution in [0.2, 0.25) is 0 Å². The van der Waals surface area contributed by atoms with Gasteiger partial charge in [-0.15, -0.1) is 0 Å². The number of piperidine rings is 1. The lowest BCUT2D eigenvalue weighted by molar-refractivity contribution is -0.172. The summed E-state index contributed by atoms with van der Waals surface area (Å²) in [6.45, 7) is 3.11. The number of fused-ring (bicyclic) bond motifs is 1. The summed E-state index contributed by atoms with van der Waals surface area (Å²) in [6, 6.07) is 2.42. The van der Waals surface area contributed by atoms with Crippen LogP contribution in [0.4, 0.5) is 17.6 Å². The van der Waals surface area contributed by atoms with Gasteiger partial charge in [0.1, 0.15) is 11.9 Å². The number of alkyl halides is 3. The summed E-state index contributed by atoms with van der Waals surface area (Å²) in [4.78, 5) is 25.0. The summed E-state index contributed by atoms with van der Waals surface area (Å²) < 4.78 is 54.6. The Morgan fingerprint density at radius 2 is 2.10 bits per heavy atom. The zero-order valence-electron chi connectivity index (χ0n) is 16.9. The SMILES string of the molecule is CC1=C(CC(=O)N[C@H](C)c2ccc(C#N)cc2F)C(=O)NC2CCNC(C(F)(F)F)C12. The zero-order valence-corrected chi connectivity index (χ0v) is 16.9. The van der Waals surface area contributed by atoms with E-state index in [1.54, 1.807) is 0 Å². The van der Waals surface area contributed by atoms with Crippen LogP contribution in [0.15, 0.2) is 29.3 Å². The molecular weight excluding hydrogens is 416 g/mol. The van der Waals surface area contributed by atoms with Gasteiger partial charge in [0.15, 0.2) is 0 Å². The standard InChI is InChI=1S/C21H22F4N4O2/c1-10-14(20(31)29-16-5-6-27-19(18(10)16)21(23,24)25)8-17(30)28-11(2)13-4-3-12(9-26)7-15(13)22/h3-4,7,11,16,18-19,27H,5-6,8H2,1-2H3,(H,28,30)(H,29,31)/t11-,16?,18?,19?/m1/s1. The first-order valence-electron chi connectivity index (χ1n) is 9.82. The van der Waals surface area contributed by atoms with Crippen LogP contribution in [0.1, 0.15) is 43.9 Å². The maximum absolute atomic E-state index is 14.2. The lowest BCUT2D eigenvalue weighted by atomic mass is 9.75. The van der Waals surface area contributed by atoms with E-state index in [2.05, 4.69) is 16.0 Å². The molecule has 0 spiro atoms. The molecule has 6 nitrogen and oxygen atoms in total. The molecule has 3 rings (SSSR count). The normalized spacial score (nSPS) is 24.7. The van der Waals surface area contributed by atoms with Gasteiger partial charge in [-0.05, 0) is 38.9 Å². The fourth-order valence-electron chi connectivity index (χ4n) is 4.30. The molecule has 0 saturated carbocycles. The monoisotopic (exact) mass is 438 g/mol. The number of carbonyl (C=O) groups is 2. The van der Waals surface area contributed by atoms with E-state index in [1.165, 1.54) is 26.0 Å². The number of hydrogen-bond acceptors (Lipinski definition) is 4. The van der Waals surface area contributed by atoms with Crippen molar-refractivity contribution in [3.8, 4) is 6.07 Å². The van der Waals surface area contributed by atoms with Crippen LogP contribution in [-0.2, 0) is 9.59 Å². The molecule has 2 aliphatic rings. The lowest BCUT2D eigenvalue weighted by Gasteiger charge is -2.44. The third-order valence-electron chi connectivity index (χ3n) is 5.84. The molecule has 1 saturated heterocycles. The molecule has 4 atom stereocenters. The Bertz CT molecular complexity index is 967. The number of nitrogens with zero attached hydrogens (tertiary/aromatic N) is 1. The molecule has 10 heteroatoms. The Morgan fingerprint density at radius 1 is 1.39 bits per heavy atom. The average Bonchev–Trinajstić information content (AvgIpc) is 2.69. The maximum Gasteiger partial charge on any atom is 0.404 e. The third-order valence-corrected chi connectivity index (χ3v) is 5.84. The summed E-state index contributed by atoms with van der Waals surface area (Å²) >= 11 is 0. The van der Waals surface area contributed by atoms with Gasteiger partial charge in [-0.3, -0.25) is 9.59 Å². The molecule has 1 aromatic carbocycles. The molecule has 3 unspecified atom stereocenters. The molecule has 0 radical (unpaired) electrons. The van der Waals surface area contributed by atoms with Crippen molar-refractivity contribution in [2.45, 2.75) is 51.0 Å². The van der Waals surface area contributed by atoms with Crippen molar-refractivity contribution >= 4 is 11.8 Å². The van der Waals surface area contributed by atoms with Gasteiger partial charge >= 0.3 is 6.18 Å². The largest absolute Gasteiger partial charge is 0.404 e. The highest BCUT2D eigenvalue weighted by atomic mass is 19.4. The number of nitriles is 1. The fourth-order valence-corrected chi connectivity index (χ4v) is 4.30. The highest BCUT2D eigenvalue weighted by Gasteiger charge is 2.52. The summed E-state index contributed by atoms with van der Waals surface area (Å²) in [5.41, 5.74) is 0.508. The molecule has 1 aromatic rings. The van der Waals surface area contributed by atoms with E-state index in [4.69, 9.17) is 5.26 Å². The first-order valence-corrected chi connectivity index (χ1v) is 9.82. The number of nitrogens with one attached hydrogen (secondary N) is 3. The Morgan fingerprint density at radius 3 is 2.71 bits per heavy atom. The van der Waals surface area contributed by atoms with Gasteiger partial charge in [0.25, 0.3) is 0 Å². The van der Waals surface area contributed by atoms with Crippen LogP contribution < -0.4 is 16.0 Å². The van der Waals surface area contributed by atoms with E-state index in [9.17, 15) is 27.2 Å². The van der Waals surface area contributed by atoms with Crippen LogP contribution in [0.25, 0.3) is 0 Å². The molecule has 0 aliphatic carbocycles. The number of halogens is 4. The van der Waals surface area contributed by atoms with Gasteiger partial charge in [0, 0.05) is 23.1 Å². The van der Waals surface area contributed by atoms with Gasteiger partial charge in [-0.25, -0.2) is 4.39 Å². The second-order valence-corrected chi connectivity index (χ2v) is 7.84. The van der Waals surface area contributed by atoms with Gasteiger partial charge in [-0.2, -0.15) is 18.4 Å². The number of carbonyl (C=O) groups excluding carboxylic acids is 2. The first-order chi connectivity index (χ1) is 14.5. The van der Waals surface area contributed by atoms with Gasteiger partial charge in [-0.1, -0.05) is 11.6 Å². The molecular formula is C21H22F4N4O2. The van der Waals surface area contributed by atoms with E-state index in [-0.39, 0.29) is 28.8 Å². The van der Waals surface area contributed by atoms with E-state index in [1.807, 2.05) is 6.07 Å². The third kappa shape index (κ3) is 4.71. The Labute approximate surface area is 176 Å². The number of amides is 2. The molecule has 166 valence electrons. The van der Waals surface area contributed by atoms with Crippen molar-refractivity contribution in [2.75, 3.05) is 6.54 Å². The summed E-state index contributed by atoms with van der Waals surface area (Å²) in [6.07, 6.45) is -4.57. The van der Waals surface area contributed by atoms with Crippen molar-refractivity contribution in [3.63, 3.8) is 0 Å². The van der Waals surface area contributed by atoms with E-state index in [0.29, 0.717) is 6.42 Å². The van der Waals surface area contributed by atoms with Crippen LogP contribution in [-0.4, -0.2) is 36.6 Å². The average molecular weight is 438 g/mol. The van der Waals surface area contributed by atoms with Crippen molar-refractivity contribution in [1.29, 1.82) is 5.26 Å². The number of rotatable bonds is 4.